The van der Waals surface area contributed by atoms with Crippen molar-refractivity contribution in [3.05, 3.63) is 23.4 Å². The molecule has 0 aromatic carbocycles. The molecule has 2 rings (SSSR count). The van der Waals surface area contributed by atoms with Crippen LogP contribution in [0, 0.1) is 0 Å². The molecule has 0 bridgehead atoms. The van der Waals surface area contributed by atoms with Crippen LogP contribution in [0.15, 0.2) is 18.3 Å². The number of aromatic nitrogens is 3. The first-order chi connectivity index (χ1) is 8.04. The van der Waals surface area contributed by atoms with Crippen molar-refractivity contribution in [2.45, 2.75) is 32.4 Å². The van der Waals surface area contributed by atoms with Gasteiger partial charge in [0.25, 0.3) is 0 Å². The third-order valence-corrected chi connectivity index (χ3v) is 2.59. The van der Waals surface area contributed by atoms with E-state index in [9.17, 15) is 5.11 Å². The standard InChI is InChI=1S/C11H15ClN4O/c1-7(5-8(2)17)13-11-14-10-4-3-9(12)6-16(10)15-11/h3-4,6-8,17H,5H2,1-2H3,(H,13,15). The number of nitrogens with one attached hydrogen (secondary N) is 1. The fourth-order valence-electron chi connectivity index (χ4n) is 1.71. The van der Waals surface area contributed by atoms with Gasteiger partial charge in [-0.25, -0.2) is 4.52 Å². The van der Waals surface area contributed by atoms with Crippen molar-refractivity contribution >= 4 is 23.2 Å². The quantitative estimate of drug-likeness (QED) is 0.876. The highest BCUT2D eigenvalue weighted by molar-refractivity contribution is 6.30. The van der Waals surface area contributed by atoms with E-state index in [1.807, 2.05) is 6.92 Å². The van der Waals surface area contributed by atoms with E-state index in [2.05, 4.69) is 15.4 Å². The zero-order chi connectivity index (χ0) is 12.4. The number of aliphatic hydroxyl groups excluding tert-OH is 1. The van der Waals surface area contributed by atoms with Crippen molar-refractivity contribution in [3.63, 3.8) is 0 Å². The Kier molecular flexibility index (Phi) is 3.49. The summed E-state index contributed by atoms with van der Waals surface area (Å²) in [6, 6.07) is 3.69. The average molecular weight is 255 g/mol. The third-order valence-electron chi connectivity index (χ3n) is 2.37. The second-order valence-corrected chi connectivity index (χ2v) is 4.65. The van der Waals surface area contributed by atoms with Crippen LogP contribution < -0.4 is 5.32 Å². The molecule has 0 spiro atoms. The van der Waals surface area contributed by atoms with Gasteiger partial charge in [-0.05, 0) is 32.4 Å². The van der Waals surface area contributed by atoms with Crippen LogP contribution in [-0.2, 0) is 0 Å². The number of aliphatic hydroxyl groups is 1. The van der Waals surface area contributed by atoms with Crippen LogP contribution in [0.5, 0.6) is 0 Å². The van der Waals surface area contributed by atoms with Gasteiger partial charge < -0.3 is 10.4 Å². The molecule has 0 amide bonds. The second-order valence-electron chi connectivity index (χ2n) is 4.22. The lowest BCUT2D eigenvalue weighted by Gasteiger charge is -2.13. The highest BCUT2D eigenvalue weighted by atomic mass is 35.5. The number of hydrogen-bond acceptors (Lipinski definition) is 4. The Bertz CT molecular complexity index is 511. The maximum atomic E-state index is 9.27. The number of hydrogen-bond donors (Lipinski definition) is 2. The van der Waals surface area contributed by atoms with E-state index in [1.54, 1.807) is 29.8 Å². The van der Waals surface area contributed by atoms with Crippen LogP contribution in [0.2, 0.25) is 5.02 Å². The van der Waals surface area contributed by atoms with Gasteiger partial charge in [-0.15, -0.1) is 5.10 Å². The summed E-state index contributed by atoms with van der Waals surface area (Å²) < 4.78 is 1.62. The maximum Gasteiger partial charge on any atom is 0.243 e. The topological polar surface area (TPSA) is 62.5 Å². The van der Waals surface area contributed by atoms with Crippen LogP contribution in [0.3, 0.4) is 0 Å². The minimum absolute atomic E-state index is 0.114. The molecule has 2 unspecified atom stereocenters. The van der Waals surface area contributed by atoms with E-state index in [0.717, 1.165) is 5.65 Å². The molecule has 6 heteroatoms. The third kappa shape index (κ3) is 3.08. The molecule has 0 fully saturated rings. The Morgan fingerprint density at radius 2 is 2.24 bits per heavy atom. The van der Waals surface area contributed by atoms with Crippen molar-refractivity contribution in [2.24, 2.45) is 0 Å². The molecule has 2 aromatic heterocycles. The van der Waals surface area contributed by atoms with Gasteiger partial charge in [-0.2, -0.15) is 4.98 Å². The molecule has 0 aliphatic carbocycles. The molecule has 2 atom stereocenters. The fraction of sp³-hybridized carbons (Fsp3) is 0.455. The molecular weight excluding hydrogens is 240 g/mol. The molecule has 17 heavy (non-hydrogen) atoms. The highest BCUT2D eigenvalue weighted by Crippen LogP contribution is 2.12. The van der Waals surface area contributed by atoms with Crippen LogP contribution in [0.1, 0.15) is 20.3 Å². The molecule has 5 nitrogen and oxygen atoms in total. The molecule has 0 aliphatic heterocycles. The largest absolute Gasteiger partial charge is 0.393 e. The predicted octanol–water partition coefficient (Wildman–Crippen LogP) is 1.95. The highest BCUT2D eigenvalue weighted by Gasteiger charge is 2.09. The lowest BCUT2D eigenvalue weighted by molar-refractivity contribution is 0.179. The maximum absolute atomic E-state index is 9.27. The van der Waals surface area contributed by atoms with Crippen molar-refractivity contribution in [1.29, 1.82) is 0 Å². The summed E-state index contributed by atoms with van der Waals surface area (Å²) in [6.45, 7) is 3.74. The van der Waals surface area contributed by atoms with Crippen molar-refractivity contribution in [3.8, 4) is 0 Å². The summed E-state index contributed by atoms with van der Waals surface area (Å²) in [7, 11) is 0. The van der Waals surface area contributed by atoms with E-state index < -0.39 is 0 Å². The Balaban J connectivity index is 2.14. The zero-order valence-corrected chi connectivity index (χ0v) is 10.5. The van der Waals surface area contributed by atoms with Gasteiger partial charge in [-0.1, -0.05) is 11.6 Å². The second kappa shape index (κ2) is 4.89. The smallest absolute Gasteiger partial charge is 0.243 e. The Hall–Kier alpha value is -1.33. The van der Waals surface area contributed by atoms with Gasteiger partial charge in [0.15, 0.2) is 5.65 Å². The summed E-state index contributed by atoms with van der Waals surface area (Å²) in [5.41, 5.74) is 0.737. The summed E-state index contributed by atoms with van der Waals surface area (Å²) >= 11 is 5.86. The number of rotatable bonds is 4. The Morgan fingerprint density at radius 1 is 1.47 bits per heavy atom. The minimum Gasteiger partial charge on any atom is -0.393 e. The van der Waals surface area contributed by atoms with Gasteiger partial charge in [-0.3, -0.25) is 0 Å². The summed E-state index contributed by atoms with van der Waals surface area (Å²) in [5.74, 6) is 0.542. The lowest BCUT2D eigenvalue weighted by Crippen LogP contribution is -2.21. The Labute approximate surface area is 104 Å². The molecule has 0 saturated heterocycles. The number of anilines is 1. The van der Waals surface area contributed by atoms with E-state index in [0.29, 0.717) is 17.4 Å². The number of fused-ring (bicyclic) bond motifs is 1. The summed E-state index contributed by atoms with van der Waals surface area (Å²) in [5, 5.41) is 17.3. The van der Waals surface area contributed by atoms with Gasteiger partial charge in [0.2, 0.25) is 5.95 Å². The molecule has 2 heterocycles. The molecule has 0 saturated carbocycles. The predicted molar refractivity (Wildman–Crippen MR) is 67.4 cm³/mol. The van der Waals surface area contributed by atoms with Gasteiger partial charge in [0.1, 0.15) is 0 Å². The number of pyridine rings is 1. The summed E-state index contributed by atoms with van der Waals surface area (Å²) in [4.78, 5) is 4.30. The zero-order valence-electron chi connectivity index (χ0n) is 9.76. The SMILES string of the molecule is CC(O)CC(C)Nc1nc2ccc(Cl)cn2n1. The van der Waals surface area contributed by atoms with Crippen molar-refractivity contribution < 1.29 is 5.11 Å². The van der Waals surface area contributed by atoms with E-state index in [4.69, 9.17) is 11.6 Å². The lowest BCUT2D eigenvalue weighted by atomic mass is 10.2. The van der Waals surface area contributed by atoms with Crippen molar-refractivity contribution in [2.75, 3.05) is 5.32 Å². The van der Waals surface area contributed by atoms with E-state index in [-0.39, 0.29) is 12.1 Å². The van der Waals surface area contributed by atoms with Crippen LogP contribution in [0.4, 0.5) is 5.95 Å². The molecule has 2 N–H and O–H groups in total. The molecule has 0 aliphatic rings. The molecule has 92 valence electrons. The molecular formula is C11H15ClN4O. The number of halogens is 1. The van der Waals surface area contributed by atoms with Crippen LogP contribution in [0.25, 0.3) is 5.65 Å². The van der Waals surface area contributed by atoms with Gasteiger partial charge >= 0.3 is 0 Å². The average Bonchev–Trinajstić information content (AvgIpc) is 2.57. The summed E-state index contributed by atoms with van der Waals surface area (Å²) in [6.07, 6.45) is 2.01. The first kappa shape index (κ1) is 12.1. The minimum atomic E-state index is -0.344. The Morgan fingerprint density at radius 3 is 2.94 bits per heavy atom. The van der Waals surface area contributed by atoms with Crippen molar-refractivity contribution in [1.82, 2.24) is 14.6 Å². The molecule has 0 radical (unpaired) electrons. The van der Waals surface area contributed by atoms with E-state index in [1.165, 1.54) is 0 Å². The van der Waals surface area contributed by atoms with Gasteiger partial charge in [0.05, 0.1) is 11.1 Å². The number of nitrogens with zero attached hydrogens (tertiary/aromatic N) is 3. The first-order valence-corrected chi connectivity index (χ1v) is 5.89. The van der Waals surface area contributed by atoms with Crippen LogP contribution >= 0.6 is 11.6 Å². The fourth-order valence-corrected chi connectivity index (χ4v) is 1.87. The van der Waals surface area contributed by atoms with Gasteiger partial charge in [0, 0.05) is 12.2 Å². The first-order valence-electron chi connectivity index (χ1n) is 5.51. The van der Waals surface area contributed by atoms with E-state index >= 15 is 0 Å². The normalized spacial score (nSPS) is 14.8. The van der Waals surface area contributed by atoms with Crippen LogP contribution in [-0.4, -0.2) is 31.9 Å². The molecule has 2 aromatic rings. The monoisotopic (exact) mass is 254 g/mol.